The van der Waals surface area contributed by atoms with Crippen LogP contribution in [0.4, 0.5) is 4.79 Å². The number of carbonyl (C=O) groups is 1. The second kappa shape index (κ2) is 13.0. The molecule has 0 heterocycles. The summed E-state index contributed by atoms with van der Waals surface area (Å²) < 4.78 is 5.14. The van der Waals surface area contributed by atoms with E-state index in [2.05, 4.69) is 25.7 Å². The molecule has 0 aliphatic heterocycles. The molecule has 1 unspecified atom stereocenters. The molecule has 0 spiro atoms. The van der Waals surface area contributed by atoms with Crippen molar-refractivity contribution in [3.63, 3.8) is 0 Å². The topological polar surface area (TPSA) is 40.4 Å². The molecule has 0 rings (SSSR count). The Morgan fingerprint density at radius 1 is 1.33 bits per heavy atom. The van der Waals surface area contributed by atoms with Gasteiger partial charge in [0.1, 0.15) is 5.60 Å². The first-order valence-electron chi connectivity index (χ1n) is 5.64. The first-order valence-corrected chi connectivity index (χ1v) is 5.64. The van der Waals surface area contributed by atoms with Gasteiger partial charge in [-0.3, -0.25) is 4.79 Å². The Kier molecular flexibility index (Phi) is 18.2. The number of carbonyl (C=O) groups excluding carboxylic acids is 1. The number of amides is 1. The van der Waals surface area contributed by atoms with Crippen molar-refractivity contribution >= 4 is 6.09 Å². The van der Waals surface area contributed by atoms with Gasteiger partial charge in [-0.1, -0.05) is 26.3 Å². The third-order valence-corrected chi connectivity index (χ3v) is 1.74. The molecule has 0 N–H and O–H groups in total. The quantitative estimate of drug-likeness (QED) is 0.557. The smallest absolute Gasteiger partial charge is 0.614 e. The summed E-state index contributed by atoms with van der Waals surface area (Å²) in [6.07, 6.45) is 3.81. The van der Waals surface area contributed by atoms with Gasteiger partial charge in [-0.05, 0) is 33.1 Å². The van der Waals surface area contributed by atoms with Crippen LogP contribution in [0.15, 0.2) is 12.7 Å². The maximum absolute atomic E-state index is 11.5. The van der Waals surface area contributed by atoms with Crippen LogP contribution in [0, 0.1) is 12.3 Å². The van der Waals surface area contributed by atoms with E-state index in [1.165, 1.54) is 0 Å². The van der Waals surface area contributed by atoms with Gasteiger partial charge in [0.2, 0.25) is 6.09 Å². The van der Waals surface area contributed by atoms with Crippen LogP contribution in [0.25, 0.3) is 5.32 Å². The third kappa shape index (κ3) is 16.3. The fourth-order valence-corrected chi connectivity index (χ4v) is 1.24. The summed E-state index contributed by atoms with van der Waals surface area (Å²) in [5, 5.41) is 4.00. The summed E-state index contributed by atoms with van der Waals surface area (Å²) in [5.74, 6) is 0.479. The molecule has 0 aromatic rings. The van der Waals surface area contributed by atoms with Crippen LogP contribution >= 0.6 is 0 Å². The van der Waals surface area contributed by atoms with Crippen LogP contribution in [0.1, 0.15) is 41.0 Å². The minimum atomic E-state index is -0.503. The van der Waals surface area contributed by atoms with E-state index >= 15 is 0 Å². The number of hydrogen-bond donors (Lipinski definition) is 0. The van der Waals surface area contributed by atoms with E-state index in [1.54, 1.807) is 6.08 Å². The van der Waals surface area contributed by atoms with Gasteiger partial charge in [0.15, 0.2) is 0 Å². The fraction of sp³-hybridized carbons (Fsp3) is 0.692. The SMILES string of the molecule is C=C[CH]C(CC(C)C)[N-]C(=O)OC(C)(C)C.[K+].[K+]. The van der Waals surface area contributed by atoms with Crippen molar-refractivity contribution in [2.24, 2.45) is 5.92 Å². The van der Waals surface area contributed by atoms with Crippen molar-refractivity contribution < 1.29 is 112 Å². The van der Waals surface area contributed by atoms with E-state index in [-0.39, 0.29) is 109 Å². The molecule has 0 saturated carbocycles. The molecule has 0 saturated heterocycles. The predicted octanol–water partition coefficient (Wildman–Crippen LogP) is -1.89. The molecule has 93 valence electrons. The maximum atomic E-state index is 11.5. The van der Waals surface area contributed by atoms with Crippen LogP contribution in [-0.4, -0.2) is 17.7 Å². The summed E-state index contributed by atoms with van der Waals surface area (Å²) >= 11 is 0. The Labute approximate surface area is 197 Å². The van der Waals surface area contributed by atoms with Gasteiger partial charge >= 0.3 is 103 Å². The fourth-order valence-electron chi connectivity index (χ4n) is 1.24. The zero-order valence-corrected chi connectivity index (χ0v) is 19.2. The summed E-state index contributed by atoms with van der Waals surface area (Å²) in [4.78, 5) is 11.5. The van der Waals surface area contributed by atoms with Crippen LogP contribution < -0.4 is 103 Å². The first-order chi connectivity index (χ1) is 7.24. The van der Waals surface area contributed by atoms with Crippen molar-refractivity contribution in [3.05, 3.63) is 24.4 Å². The van der Waals surface area contributed by atoms with Crippen molar-refractivity contribution in [1.29, 1.82) is 0 Å². The summed E-state index contributed by atoms with van der Waals surface area (Å²) in [7, 11) is 0. The molecule has 1 radical (unpaired) electrons. The summed E-state index contributed by atoms with van der Waals surface area (Å²) in [5.41, 5.74) is -0.489. The van der Waals surface area contributed by atoms with E-state index in [9.17, 15) is 4.79 Å². The Bertz CT molecular complexity index is 238. The van der Waals surface area contributed by atoms with Crippen LogP contribution in [0.3, 0.4) is 0 Å². The monoisotopic (exact) mass is 303 g/mol. The number of nitrogens with zero attached hydrogens (tertiary/aromatic N) is 1. The zero-order chi connectivity index (χ0) is 12.8. The predicted molar refractivity (Wildman–Crippen MR) is 67.3 cm³/mol. The molecule has 3 nitrogen and oxygen atoms in total. The van der Waals surface area contributed by atoms with Crippen LogP contribution in [0.2, 0.25) is 0 Å². The van der Waals surface area contributed by atoms with Gasteiger partial charge in [0.05, 0.1) is 0 Å². The van der Waals surface area contributed by atoms with Gasteiger partial charge in [-0.25, -0.2) is 0 Å². The van der Waals surface area contributed by atoms with E-state index in [0.29, 0.717) is 5.92 Å². The molecule has 0 aromatic heterocycles. The molecule has 0 aromatic carbocycles. The molecule has 1 amide bonds. The van der Waals surface area contributed by atoms with E-state index in [1.807, 2.05) is 27.2 Å². The minimum absolute atomic E-state index is 0. The molecule has 5 heteroatoms. The summed E-state index contributed by atoms with van der Waals surface area (Å²) in [6, 6.07) is -0.132. The number of ether oxygens (including phenoxy) is 1. The molecule has 0 fully saturated rings. The molecular weight excluding hydrogens is 280 g/mol. The van der Waals surface area contributed by atoms with Crippen molar-refractivity contribution in [2.75, 3.05) is 0 Å². The second-order valence-electron chi connectivity index (χ2n) is 5.23. The molecule has 0 aliphatic carbocycles. The zero-order valence-electron chi connectivity index (χ0n) is 13.0. The van der Waals surface area contributed by atoms with Gasteiger partial charge < -0.3 is 10.1 Å². The molecule has 0 bridgehead atoms. The average molecular weight is 304 g/mol. The molecule has 0 aliphatic rings. The standard InChI is InChI=1S/C13H24NO2.2K/c1-7-8-11(9-10(2)3)14-12(15)16-13(4,5)6;;/h7-8,10-11H,1,9H2,2-6H3,(H,14,15);;/q;2*+1/p-1. The van der Waals surface area contributed by atoms with Gasteiger partial charge in [-0.15, -0.1) is 12.6 Å². The van der Waals surface area contributed by atoms with Crippen LogP contribution in [-0.2, 0) is 4.74 Å². The minimum Gasteiger partial charge on any atom is -0.614 e. The number of rotatable bonds is 5. The average Bonchev–Trinajstić information content (AvgIpc) is 1.98. The van der Waals surface area contributed by atoms with Gasteiger partial charge in [0, 0.05) is 0 Å². The second-order valence-corrected chi connectivity index (χ2v) is 5.23. The van der Waals surface area contributed by atoms with E-state index < -0.39 is 11.7 Å². The van der Waals surface area contributed by atoms with Crippen molar-refractivity contribution in [3.8, 4) is 0 Å². The Morgan fingerprint density at radius 2 is 1.83 bits per heavy atom. The molecule has 18 heavy (non-hydrogen) atoms. The number of hydrogen-bond acceptors (Lipinski definition) is 2. The third-order valence-electron chi connectivity index (χ3n) is 1.74. The van der Waals surface area contributed by atoms with Gasteiger partial charge in [0.25, 0.3) is 0 Å². The largest absolute Gasteiger partial charge is 1.00 e. The Hall–Kier alpha value is 2.28. The molecular formula is C13H23K2NO2+. The summed E-state index contributed by atoms with van der Waals surface area (Å²) in [6.45, 7) is 13.3. The normalized spacial score (nSPS) is 11.9. The van der Waals surface area contributed by atoms with E-state index in [4.69, 9.17) is 4.74 Å². The van der Waals surface area contributed by atoms with Crippen LogP contribution in [0.5, 0.6) is 0 Å². The van der Waals surface area contributed by atoms with Gasteiger partial charge in [-0.2, -0.15) is 0 Å². The molecule has 1 atom stereocenters. The maximum Gasteiger partial charge on any atom is 1.00 e. The van der Waals surface area contributed by atoms with E-state index in [0.717, 1.165) is 6.42 Å². The van der Waals surface area contributed by atoms with Crippen molar-refractivity contribution in [2.45, 2.75) is 52.7 Å². The van der Waals surface area contributed by atoms with Crippen molar-refractivity contribution in [1.82, 2.24) is 0 Å². The Balaban J connectivity index is -0.00000112. The Morgan fingerprint density at radius 3 is 2.17 bits per heavy atom. The first kappa shape index (κ1) is 25.2.